The number of carbonyl (C=O) groups excluding carboxylic acids is 13. The van der Waals surface area contributed by atoms with Gasteiger partial charge in [0, 0.05) is 29.9 Å². The molecule has 0 unspecified atom stereocenters. The Balaban J connectivity index is 1.97. The highest BCUT2D eigenvalue weighted by Gasteiger charge is 2.29. The highest BCUT2D eigenvalue weighted by atomic mass is 16.2. The molecule has 0 aliphatic rings. The number of aromatic amines is 1. The maximum absolute atomic E-state index is 14.1. The molecule has 0 aliphatic heterocycles. The van der Waals surface area contributed by atoms with Gasteiger partial charge in [-0.1, -0.05) is 102 Å². The largest absolute Gasteiger partial charge is 0.368 e. The summed E-state index contributed by atoms with van der Waals surface area (Å²) in [6.07, 6.45) is 21.9. The van der Waals surface area contributed by atoms with Crippen LogP contribution in [0.2, 0.25) is 0 Å². The van der Waals surface area contributed by atoms with Crippen molar-refractivity contribution in [3.8, 4) is 0 Å². The molecular formula is C65H112N18O13. The summed E-state index contributed by atoms with van der Waals surface area (Å²) in [5, 5.41) is 30.6. The van der Waals surface area contributed by atoms with Gasteiger partial charge in [-0.2, -0.15) is 0 Å². The fraction of sp³-hybridized carbons (Fsp3) is 0.677. The van der Waals surface area contributed by atoms with Gasteiger partial charge in [-0.3, -0.25) is 62.3 Å². The third-order valence-corrected chi connectivity index (χ3v) is 15.7. The van der Waals surface area contributed by atoms with Crippen LogP contribution in [-0.2, 0) is 68.7 Å². The maximum atomic E-state index is 14.1. The number of nitrogens with two attached hydrogens (primary N) is 5. The molecule has 0 saturated carbocycles. The quantitative estimate of drug-likeness (QED) is 0.0333. The second-order valence-corrected chi connectivity index (χ2v) is 23.9. The molecule has 5 atom stereocenters. The van der Waals surface area contributed by atoms with Crippen LogP contribution in [0.15, 0.2) is 30.5 Å². The Morgan fingerprint density at radius 3 is 1.09 bits per heavy atom. The van der Waals surface area contributed by atoms with Gasteiger partial charge in [0.05, 0.1) is 45.8 Å². The fourth-order valence-electron chi connectivity index (χ4n) is 10.2. The van der Waals surface area contributed by atoms with E-state index >= 15 is 0 Å². The first kappa shape index (κ1) is 83.8. The molecule has 0 saturated heterocycles. The monoisotopic (exact) mass is 1350 g/mol. The Bertz CT molecular complexity index is 2710. The van der Waals surface area contributed by atoms with Gasteiger partial charge >= 0.3 is 0 Å². The van der Waals surface area contributed by atoms with E-state index in [0.29, 0.717) is 82.9 Å². The first-order chi connectivity index (χ1) is 46.2. The number of benzene rings is 1. The number of fused-ring (bicyclic) bond motifs is 1. The molecule has 1 heterocycles. The third kappa shape index (κ3) is 38.9. The molecule has 0 fully saturated rings. The smallest absolute Gasteiger partial charge is 0.243 e. The first-order valence-electron chi connectivity index (χ1n) is 34.3. The standard InChI is InChI=1S/C65H112N18O13/c1-2-3-4-5-6-7-8-9-10-11-12-13-14-31-53(84)80-49(28-18-22-33-67)62(93)76-39-55(86)72-38-54(85)73-44-60(91)82-51(30-20-24-35-69)65(96)83-52(36-45-37-71-47-26-16-15-25-46(45)47)64(95)78-41-57(88)75-43-59(90)81-50(29-19-23-34-68)63(94)77-40-56(87)74-42-58(89)79-48(61(70)92)27-17-21-32-66/h15-16,25-26,37,48-52,71H,2-14,17-24,27-36,38-44,66-69H2,1H3,(H2,70,92)(H,72,86)(H,73,85)(H,74,87)(H,75,88)(H,76,93)(H,77,94)(H,78,95)(H,79,89)(H,80,84)(H,81,90)(H,82,91)(H,83,96)/t48-,49-,50-,51-,52+/m1/s1. The lowest BCUT2D eigenvalue weighted by Crippen LogP contribution is -2.56. The number of para-hydroxylation sites is 1. The molecule has 1 aromatic heterocycles. The van der Waals surface area contributed by atoms with E-state index in [4.69, 9.17) is 28.7 Å². The highest BCUT2D eigenvalue weighted by molar-refractivity contribution is 5.97. The molecule has 1 aromatic carbocycles. The van der Waals surface area contributed by atoms with Gasteiger partial charge in [-0.25, -0.2) is 0 Å². The number of rotatable bonds is 56. The third-order valence-electron chi connectivity index (χ3n) is 15.7. The van der Waals surface area contributed by atoms with E-state index in [2.05, 4.69) is 75.7 Å². The number of aromatic nitrogens is 1. The van der Waals surface area contributed by atoms with Gasteiger partial charge in [-0.15, -0.1) is 0 Å². The van der Waals surface area contributed by atoms with Gasteiger partial charge in [-0.05, 0) is 121 Å². The Kier molecular flexibility index (Phi) is 45.4. The average molecular weight is 1350 g/mol. The van der Waals surface area contributed by atoms with Crippen molar-refractivity contribution in [3.05, 3.63) is 36.0 Å². The van der Waals surface area contributed by atoms with Crippen molar-refractivity contribution in [2.75, 3.05) is 72.0 Å². The number of hydrogen-bond acceptors (Lipinski definition) is 17. The van der Waals surface area contributed by atoms with E-state index in [9.17, 15) is 62.3 Å². The van der Waals surface area contributed by atoms with E-state index in [1.54, 1.807) is 24.4 Å². The maximum Gasteiger partial charge on any atom is 0.243 e. The van der Waals surface area contributed by atoms with Gasteiger partial charge in [0.15, 0.2) is 0 Å². The number of nitrogens with one attached hydrogen (secondary N) is 13. The number of H-pyrrole nitrogens is 1. The summed E-state index contributed by atoms with van der Waals surface area (Å²) in [5.41, 5.74) is 29.3. The lowest BCUT2D eigenvalue weighted by molar-refractivity contribution is -0.133. The molecule has 0 bridgehead atoms. The zero-order chi connectivity index (χ0) is 70.7. The topological polar surface area (TPSA) is 512 Å². The predicted molar refractivity (Wildman–Crippen MR) is 364 cm³/mol. The molecule has 2 aromatic rings. The van der Waals surface area contributed by atoms with Crippen LogP contribution < -0.4 is 92.5 Å². The molecule has 13 amide bonds. The number of unbranched alkanes of at least 4 members (excludes halogenated alkanes) is 16. The molecule has 31 nitrogen and oxygen atoms in total. The van der Waals surface area contributed by atoms with Crippen molar-refractivity contribution in [1.29, 1.82) is 0 Å². The molecule has 0 radical (unpaired) electrons. The van der Waals surface area contributed by atoms with Crippen LogP contribution in [0.3, 0.4) is 0 Å². The van der Waals surface area contributed by atoms with Gasteiger partial charge in [0.25, 0.3) is 0 Å². The molecule has 96 heavy (non-hydrogen) atoms. The lowest BCUT2D eigenvalue weighted by atomic mass is 10.0. The van der Waals surface area contributed by atoms with E-state index in [-0.39, 0.29) is 51.1 Å². The minimum Gasteiger partial charge on any atom is -0.368 e. The zero-order valence-electron chi connectivity index (χ0n) is 56.3. The van der Waals surface area contributed by atoms with E-state index in [1.807, 2.05) is 6.07 Å². The number of hydrogen-bond donors (Lipinski definition) is 18. The summed E-state index contributed by atoms with van der Waals surface area (Å²) in [4.78, 5) is 172. The molecule has 540 valence electrons. The van der Waals surface area contributed by atoms with Crippen LogP contribution in [0.1, 0.15) is 179 Å². The molecule has 31 heteroatoms. The van der Waals surface area contributed by atoms with Crippen molar-refractivity contribution in [1.82, 2.24) is 68.8 Å². The summed E-state index contributed by atoms with van der Waals surface area (Å²) in [7, 11) is 0. The normalized spacial score (nSPS) is 12.5. The Morgan fingerprint density at radius 2 is 0.688 bits per heavy atom. The minimum atomic E-state index is -1.34. The second kappa shape index (κ2) is 52.0. The second-order valence-electron chi connectivity index (χ2n) is 23.9. The molecule has 23 N–H and O–H groups in total. The lowest BCUT2D eigenvalue weighted by Gasteiger charge is -2.23. The molecular weight excluding hydrogens is 1240 g/mol. The Labute approximate surface area is 564 Å². The Hall–Kier alpha value is -8.29. The molecule has 0 spiro atoms. The van der Waals surface area contributed by atoms with Gasteiger partial charge in [0.1, 0.15) is 30.2 Å². The number of amides is 13. The minimum absolute atomic E-state index is 0.0658. The summed E-state index contributed by atoms with van der Waals surface area (Å²) < 4.78 is 0. The molecule has 2 rings (SSSR count). The van der Waals surface area contributed by atoms with Crippen molar-refractivity contribution in [2.24, 2.45) is 28.7 Å². The fourth-order valence-corrected chi connectivity index (χ4v) is 10.2. The summed E-state index contributed by atoms with van der Waals surface area (Å²) in [6.45, 7) is -0.521. The van der Waals surface area contributed by atoms with E-state index in [0.717, 1.165) is 30.2 Å². The van der Waals surface area contributed by atoms with Crippen LogP contribution in [0.25, 0.3) is 10.9 Å². The Morgan fingerprint density at radius 1 is 0.354 bits per heavy atom. The van der Waals surface area contributed by atoms with Crippen LogP contribution in [0, 0.1) is 0 Å². The van der Waals surface area contributed by atoms with E-state index in [1.165, 1.54) is 57.8 Å². The van der Waals surface area contributed by atoms with E-state index < -0.39 is 147 Å². The predicted octanol–water partition coefficient (Wildman–Crippen LogP) is -1.57. The number of carbonyl (C=O) groups is 13. The van der Waals surface area contributed by atoms with Crippen LogP contribution in [-0.4, -0.2) is 184 Å². The van der Waals surface area contributed by atoms with Gasteiger partial charge < -0.3 is 97.5 Å². The summed E-state index contributed by atoms with van der Waals surface area (Å²) in [5.74, 6) is -9.26. The van der Waals surface area contributed by atoms with Crippen LogP contribution >= 0.6 is 0 Å². The van der Waals surface area contributed by atoms with Crippen molar-refractivity contribution in [2.45, 2.75) is 210 Å². The highest BCUT2D eigenvalue weighted by Crippen LogP contribution is 2.20. The van der Waals surface area contributed by atoms with Crippen LogP contribution in [0.4, 0.5) is 0 Å². The average Bonchev–Trinajstić information content (AvgIpc) is 1.64. The van der Waals surface area contributed by atoms with Crippen LogP contribution in [0.5, 0.6) is 0 Å². The van der Waals surface area contributed by atoms with Crippen molar-refractivity contribution < 1.29 is 62.3 Å². The van der Waals surface area contributed by atoms with Crippen molar-refractivity contribution >= 4 is 87.7 Å². The van der Waals surface area contributed by atoms with Crippen molar-refractivity contribution in [3.63, 3.8) is 0 Å². The number of primary amides is 1. The van der Waals surface area contributed by atoms with Gasteiger partial charge in [0.2, 0.25) is 76.8 Å². The summed E-state index contributed by atoms with van der Waals surface area (Å²) >= 11 is 0. The zero-order valence-corrected chi connectivity index (χ0v) is 56.3. The first-order valence-corrected chi connectivity index (χ1v) is 34.3. The summed E-state index contributed by atoms with van der Waals surface area (Å²) in [6, 6.07) is 1.60. The molecule has 0 aliphatic carbocycles. The SMILES string of the molecule is CCCCCCCCCCCCCCCC(=O)N[C@H](CCCCN)C(=O)NCC(=O)NCC(=O)NCC(=O)N[C@H](CCCCN)C(=O)N[C@@H](Cc1c[nH]c2ccccc12)C(=O)NCC(=O)NCC(=O)N[C@H](CCCCN)C(=O)NCC(=O)NCC(=O)N[C@H](CCCCN)C(N)=O.